The van der Waals surface area contributed by atoms with Gasteiger partial charge in [0.05, 0.1) is 6.61 Å². The zero-order chi connectivity index (χ0) is 9.26. The molecule has 4 heteroatoms. The van der Waals surface area contributed by atoms with Crippen LogP contribution in [0.15, 0.2) is 27.1 Å². The van der Waals surface area contributed by atoms with E-state index in [1.54, 1.807) is 0 Å². The van der Waals surface area contributed by atoms with E-state index in [4.69, 9.17) is 9.15 Å². The van der Waals surface area contributed by atoms with Crippen molar-refractivity contribution in [2.75, 3.05) is 6.61 Å². The van der Waals surface area contributed by atoms with Crippen LogP contribution in [0.5, 0.6) is 6.08 Å². The second-order valence-corrected chi connectivity index (χ2v) is 3.44. The van der Waals surface area contributed by atoms with E-state index in [2.05, 4.69) is 20.9 Å². The lowest BCUT2D eigenvalue weighted by atomic mass is 10.3. The summed E-state index contributed by atoms with van der Waals surface area (Å²) >= 11 is 3.35. The minimum Gasteiger partial charge on any atom is -0.450 e. The number of oxazole rings is 1. The van der Waals surface area contributed by atoms with Crippen molar-refractivity contribution in [2.24, 2.45) is 0 Å². The van der Waals surface area contributed by atoms with Crippen molar-refractivity contribution in [1.82, 2.24) is 4.98 Å². The van der Waals surface area contributed by atoms with Gasteiger partial charge in [0, 0.05) is 4.47 Å². The van der Waals surface area contributed by atoms with Gasteiger partial charge in [0.2, 0.25) is 0 Å². The van der Waals surface area contributed by atoms with Crippen LogP contribution in [0.2, 0.25) is 0 Å². The van der Waals surface area contributed by atoms with Crippen molar-refractivity contribution >= 4 is 27.0 Å². The molecule has 0 saturated carbocycles. The molecule has 0 atom stereocenters. The molecular formula is C9H8BrNO2. The second-order valence-electron chi connectivity index (χ2n) is 2.52. The fourth-order valence-corrected chi connectivity index (χ4v) is 1.40. The Morgan fingerprint density at radius 2 is 2.38 bits per heavy atom. The monoisotopic (exact) mass is 241 g/mol. The third kappa shape index (κ3) is 1.67. The summed E-state index contributed by atoms with van der Waals surface area (Å²) in [5.41, 5.74) is 1.55. The maximum absolute atomic E-state index is 5.33. The molecule has 0 fully saturated rings. The third-order valence-corrected chi connectivity index (χ3v) is 2.09. The predicted molar refractivity (Wildman–Crippen MR) is 52.9 cm³/mol. The molecule has 2 rings (SSSR count). The Hall–Kier alpha value is -1.03. The lowest BCUT2D eigenvalue weighted by Crippen LogP contribution is -1.89. The van der Waals surface area contributed by atoms with Crippen molar-refractivity contribution < 1.29 is 9.15 Å². The molecular weight excluding hydrogens is 234 g/mol. The van der Waals surface area contributed by atoms with Gasteiger partial charge in [0.15, 0.2) is 5.58 Å². The Morgan fingerprint density at radius 3 is 3.15 bits per heavy atom. The third-order valence-electron chi connectivity index (χ3n) is 1.60. The summed E-state index contributed by atoms with van der Waals surface area (Å²) in [6.45, 7) is 2.46. The van der Waals surface area contributed by atoms with E-state index < -0.39 is 0 Å². The van der Waals surface area contributed by atoms with Gasteiger partial charge >= 0.3 is 6.08 Å². The number of nitrogens with zero attached hydrogens (tertiary/aromatic N) is 1. The molecule has 0 aliphatic rings. The average molecular weight is 242 g/mol. The zero-order valence-electron chi connectivity index (χ0n) is 7.08. The molecule has 0 radical (unpaired) electrons. The fourth-order valence-electron chi connectivity index (χ4n) is 1.06. The van der Waals surface area contributed by atoms with Gasteiger partial charge in [-0.2, -0.15) is 4.98 Å². The lowest BCUT2D eigenvalue weighted by Gasteiger charge is -1.91. The summed E-state index contributed by atoms with van der Waals surface area (Å²) in [4.78, 5) is 4.13. The number of fused-ring (bicyclic) bond motifs is 1. The van der Waals surface area contributed by atoms with Crippen molar-refractivity contribution in [3.63, 3.8) is 0 Å². The number of hydrogen-bond acceptors (Lipinski definition) is 3. The van der Waals surface area contributed by atoms with E-state index in [-0.39, 0.29) is 0 Å². The first-order valence-corrected chi connectivity index (χ1v) is 4.78. The SMILES string of the molecule is CCOc1nc2ccc(Br)cc2o1. The number of aromatic nitrogens is 1. The standard InChI is InChI=1S/C9H8BrNO2/c1-2-12-9-11-7-4-3-6(10)5-8(7)13-9/h3-5H,2H2,1H3. The van der Waals surface area contributed by atoms with Crippen LogP contribution in [0.25, 0.3) is 11.1 Å². The van der Waals surface area contributed by atoms with Gasteiger partial charge in [-0.3, -0.25) is 0 Å². The molecule has 0 bridgehead atoms. The highest BCUT2D eigenvalue weighted by atomic mass is 79.9. The first-order chi connectivity index (χ1) is 6.29. The molecule has 0 amide bonds. The number of rotatable bonds is 2. The summed E-state index contributed by atoms with van der Waals surface area (Å²) < 4.78 is 11.4. The van der Waals surface area contributed by atoms with Crippen molar-refractivity contribution in [1.29, 1.82) is 0 Å². The predicted octanol–water partition coefficient (Wildman–Crippen LogP) is 2.99. The van der Waals surface area contributed by atoms with Gasteiger partial charge in [0.1, 0.15) is 5.52 Å². The molecule has 0 unspecified atom stereocenters. The smallest absolute Gasteiger partial charge is 0.394 e. The maximum Gasteiger partial charge on any atom is 0.394 e. The van der Waals surface area contributed by atoms with Crippen LogP contribution in [0.3, 0.4) is 0 Å². The van der Waals surface area contributed by atoms with Gasteiger partial charge in [-0.25, -0.2) is 0 Å². The zero-order valence-corrected chi connectivity index (χ0v) is 8.67. The van der Waals surface area contributed by atoms with Crippen molar-refractivity contribution in [2.45, 2.75) is 6.92 Å². The Labute approximate surface area is 83.8 Å². The summed E-state index contributed by atoms with van der Waals surface area (Å²) in [5.74, 6) is 0. The Morgan fingerprint density at radius 1 is 1.54 bits per heavy atom. The maximum atomic E-state index is 5.33. The van der Waals surface area contributed by atoms with E-state index in [0.717, 1.165) is 15.6 Å². The first kappa shape index (κ1) is 8.56. The number of halogens is 1. The van der Waals surface area contributed by atoms with E-state index in [1.807, 2.05) is 25.1 Å². The van der Waals surface area contributed by atoms with E-state index in [9.17, 15) is 0 Å². The van der Waals surface area contributed by atoms with Crippen LogP contribution in [-0.4, -0.2) is 11.6 Å². The second kappa shape index (κ2) is 3.38. The minimum atomic E-state index is 0.329. The van der Waals surface area contributed by atoms with Crippen LogP contribution < -0.4 is 4.74 Å². The molecule has 0 aliphatic carbocycles. The van der Waals surface area contributed by atoms with Crippen molar-refractivity contribution in [3.05, 3.63) is 22.7 Å². The summed E-state index contributed by atoms with van der Waals surface area (Å²) in [6, 6.07) is 5.66. The molecule has 2 aromatic rings. The number of hydrogen-bond donors (Lipinski definition) is 0. The van der Waals surface area contributed by atoms with Crippen LogP contribution in [0.4, 0.5) is 0 Å². The molecule has 0 spiro atoms. The summed E-state index contributed by atoms with van der Waals surface area (Å²) in [7, 11) is 0. The van der Waals surface area contributed by atoms with Crippen LogP contribution in [0.1, 0.15) is 6.92 Å². The number of benzene rings is 1. The molecule has 1 aromatic heterocycles. The summed E-state index contributed by atoms with van der Waals surface area (Å²) in [6.07, 6.45) is 0.329. The lowest BCUT2D eigenvalue weighted by molar-refractivity contribution is 0.251. The molecule has 3 nitrogen and oxygen atoms in total. The number of ether oxygens (including phenoxy) is 1. The normalized spacial score (nSPS) is 10.6. The summed E-state index contributed by atoms with van der Waals surface area (Å²) in [5, 5.41) is 0. The largest absolute Gasteiger partial charge is 0.450 e. The fraction of sp³-hybridized carbons (Fsp3) is 0.222. The van der Waals surface area contributed by atoms with Crippen LogP contribution in [0, 0.1) is 0 Å². The van der Waals surface area contributed by atoms with Gasteiger partial charge in [-0.05, 0) is 25.1 Å². The first-order valence-electron chi connectivity index (χ1n) is 3.98. The molecule has 0 aliphatic heterocycles. The van der Waals surface area contributed by atoms with E-state index >= 15 is 0 Å². The quantitative estimate of drug-likeness (QED) is 0.811. The molecule has 0 N–H and O–H groups in total. The topological polar surface area (TPSA) is 35.3 Å². The van der Waals surface area contributed by atoms with Gasteiger partial charge in [-0.1, -0.05) is 15.9 Å². The highest BCUT2D eigenvalue weighted by Gasteiger charge is 2.05. The molecule has 0 saturated heterocycles. The van der Waals surface area contributed by atoms with E-state index in [1.165, 1.54) is 0 Å². The Kier molecular flexibility index (Phi) is 2.22. The average Bonchev–Trinajstić information content (AvgIpc) is 2.46. The van der Waals surface area contributed by atoms with Crippen LogP contribution in [-0.2, 0) is 0 Å². The Bertz CT molecular complexity index is 424. The van der Waals surface area contributed by atoms with Gasteiger partial charge in [0.25, 0.3) is 0 Å². The highest BCUT2D eigenvalue weighted by Crippen LogP contribution is 2.23. The highest BCUT2D eigenvalue weighted by molar-refractivity contribution is 9.10. The van der Waals surface area contributed by atoms with Crippen LogP contribution >= 0.6 is 15.9 Å². The molecule has 1 aromatic carbocycles. The molecule has 68 valence electrons. The molecule has 1 heterocycles. The molecule has 13 heavy (non-hydrogen) atoms. The van der Waals surface area contributed by atoms with Gasteiger partial charge < -0.3 is 9.15 Å². The van der Waals surface area contributed by atoms with Crippen molar-refractivity contribution in [3.8, 4) is 6.08 Å². The van der Waals surface area contributed by atoms with Gasteiger partial charge in [-0.15, -0.1) is 0 Å². The Balaban J connectivity index is 2.49. The minimum absolute atomic E-state index is 0.329. The van der Waals surface area contributed by atoms with E-state index in [0.29, 0.717) is 12.7 Å².